The van der Waals surface area contributed by atoms with Crippen molar-refractivity contribution < 1.29 is 14.3 Å². The lowest BCUT2D eigenvalue weighted by Gasteiger charge is -2.34. The molecule has 0 saturated carbocycles. The van der Waals surface area contributed by atoms with Crippen LogP contribution in [0, 0.1) is 5.41 Å². The molecule has 0 spiro atoms. The molecule has 0 aromatic heterocycles. The normalized spacial score (nSPS) is 16.8. The van der Waals surface area contributed by atoms with Gasteiger partial charge in [-0.25, -0.2) is 9.18 Å². The van der Waals surface area contributed by atoms with Crippen molar-refractivity contribution in [3.63, 3.8) is 0 Å². The van der Waals surface area contributed by atoms with E-state index in [-0.39, 0.29) is 5.57 Å². The predicted molar refractivity (Wildman–Crippen MR) is 45.7 cm³/mol. The predicted octanol–water partition coefficient (Wildman–Crippen LogP) is 2.40. The van der Waals surface area contributed by atoms with Gasteiger partial charge in [-0.15, -0.1) is 0 Å². The largest absolute Gasteiger partial charge is 0.479 e. The summed E-state index contributed by atoms with van der Waals surface area (Å²) in [5.41, 5.74) is -3.28. The van der Waals surface area contributed by atoms with Crippen LogP contribution in [-0.4, -0.2) is 16.7 Å². The minimum Gasteiger partial charge on any atom is -0.479 e. The van der Waals surface area contributed by atoms with Crippen molar-refractivity contribution in [1.29, 1.82) is 0 Å². The van der Waals surface area contributed by atoms with E-state index in [1.165, 1.54) is 27.7 Å². The summed E-state index contributed by atoms with van der Waals surface area (Å²) < 4.78 is 13.8. The first-order valence-corrected chi connectivity index (χ1v) is 3.72. The molecule has 0 aliphatic carbocycles. The molecule has 0 saturated heterocycles. The second-order valence-corrected chi connectivity index (χ2v) is 3.99. The lowest BCUT2D eigenvalue weighted by Crippen LogP contribution is -2.46. The van der Waals surface area contributed by atoms with Crippen LogP contribution in [0.1, 0.15) is 27.7 Å². The van der Waals surface area contributed by atoms with Crippen LogP contribution in [0.25, 0.3) is 0 Å². The average Bonchev–Trinajstić information content (AvgIpc) is 1.82. The highest BCUT2D eigenvalue weighted by molar-refractivity contribution is 5.82. The van der Waals surface area contributed by atoms with E-state index in [4.69, 9.17) is 5.11 Å². The van der Waals surface area contributed by atoms with Gasteiger partial charge in [-0.2, -0.15) is 0 Å². The molecule has 0 heterocycles. The van der Waals surface area contributed by atoms with Gasteiger partial charge < -0.3 is 5.11 Å². The third kappa shape index (κ3) is 1.49. The molecule has 0 aliphatic heterocycles. The number of carbonyl (C=O) groups is 1. The van der Waals surface area contributed by atoms with Crippen LogP contribution >= 0.6 is 0 Å². The van der Waals surface area contributed by atoms with Crippen LogP contribution in [0.4, 0.5) is 4.39 Å². The summed E-state index contributed by atoms with van der Waals surface area (Å²) in [7, 11) is 0. The first kappa shape index (κ1) is 11.1. The summed E-state index contributed by atoms with van der Waals surface area (Å²) in [6, 6.07) is 0. The quantitative estimate of drug-likeness (QED) is 0.653. The molecule has 0 rings (SSSR count). The van der Waals surface area contributed by atoms with Crippen molar-refractivity contribution in [1.82, 2.24) is 0 Å². The van der Waals surface area contributed by atoms with E-state index in [2.05, 4.69) is 6.58 Å². The number of halogens is 1. The molecule has 1 unspecified atom stereocenters. The summed E-state index contributed by atoms with van der Waals surface area (Å²) in [5.74, 6) is -1.47. The van der Waals surface area contributed by atoms with Gasteiger partial charge in [0, 0.05) is 5.41 Å². The maximum absolute atomic E-state index is 13.8. The zero-order chi connectivity index (χ0) is 10.2. The van der Waals surface area contributed by atoms with E-state index in [0.717, 1.165) is 0 Å². The summed E-state index contributed by atoms with van der Waals surface area (Å²) in [6.07, 6.45) is 0. The second-order valence-electron chi connectivity index (χ2n) is 3.99. The lowest BCUT2D eigenvalue weighted by molar-refractivity contribution is -0.154. The number of carboxylic acid groups (broad SMARTS) is 1. The lowest BCUT2D eigenvalue weighted by atomic mass is 9.74. The Morgan fingerprint density at radius 3 is 1.75 bits per heavy atom. The topological polar surface area (TPSA) is 37.3 Å². The number of hydrogen-bond donors (Lipinski definition) is 1. The van der Waals surface area contributed by atoms with Crippen LogP contribution < -0.4 is 0 Å². The van der Waals surface area contributed by atoms with Crippen molar-refractivity contribution in [3.8, 4) is 0 Å². The molecule has 0 amide bonds. The molecule has 0 fully saturated rings. The molecule has 0 bridgehead atoms. The molecule has 3 heteroatoms. The Kier molecular flexibility index (Phi) is 2.68. The minimum absolute atomic E-state index is 0.0301. The highest BCUT2D eigenvalue weighted by Crippen LogP contribution is 2.39. The standard InChI is InChI=1S/C9H15FO2/c1-6(2)9(10,7(11)12)8(3,4)5/h1H2,2-5H3,(H,11,12). The van der Waals surface area contributed by atoms with Crippen molar-refractivity contribution in [3.05, 3.63) is 12.2 Å². The van der Waals surface area contributed by atoms with E-state index in [9.17, 15) is 9.18 Å². The van der Waals surface area contributed by atoms with Gasteiger partial charge in [-0.05, 0) is 12.5 Å². The monoisotopic (exact) mass is 174 g/mol. The van der Waals surface area contributed by atoms with E-state index >= 15 is 0 Å². The molecule has 70 valence electrons. The Labute approximate surface area is 72.1 Å². The summed E-state index contributed by atoms with van der Waals surface area (Å²) >= 11 is 0. The SMILES string of the molecule is C=C(C)C(F)(C(=O)O)C(C)(C)C. The van der Waals surface area contributed by atoms with Gasteiger partial charge in [-0.1, -0.05) is 27.4 Å². The van der Waals surface area contributed by atoms with Crippen LogP contribution in [0.2, 0.25) is 0 Å². The summed E-state index contributed by atoms with van der Waals surface area (Å²) in [6.45, 7) is 9.36. The third-order valence-electron chi connectivity index (χ3n) is 1.92. The molecule has 12 heavy (non-hydrogen) atoms. The van der Waals surface area contributed by atoms with Crippen LogP contribution in [0.15, 0.2) is 12.2 Å². The van der Waals surface area contributed by atoms with Gasteiger partial charge >= 0.3 is 5.97 Å². The van der Waals surface area contributed by atoms with Gasteiger partial charge in [0.1, 0.15) is 0 Å². The van der Waals surface area contributed by atoms with E-state index in [1.54, 1.807) is 0 Å². The number of carboxylic acids is 1. The second kappa shape index (κ2) is 2.88. The molecule has 0 aromatic rings. The fourth-order valence-electron chi connectivity index (χ4n) is 1.14. The van der Waals surface area contributed by atoms with Crippen molar-refractivity contribution in [2.75, 3.05) is 0 Å². The zero-order valence-corrected chi connectivity index (χ0v) is 7.94. The molecule has 0 aliphatic rings. The Morgan fingerprint density at radius 1 is 1.42 bits per heavy atom. The number of alkyl halides is 1. The van der Waals surface area contributed by atoms with Gasteiger partial charge in [0.25, 0.3) is 0 Å². The van der Waals surface area contributed by atoms with Crippen molar-refractivity contribution in [2.45, 2.75) is 33.4 Å². The fraction of sp³-hybridized carbons (Fsp3) is 0.667. The van der Waals surface area contributed by atoms with E-state index in [0.29, 0.717) is 0 Å². The molecule has 0 aromatic carbocycles. The summed E-state index contributed by atoms with van der Waals surface area (Å²) in [5, 5.41) is 8.70. The first-order valence-electron chi connectivity index (χ1n) is 3.72. The van der Waals surface area contributed by atoms with Crippen LogP contribution in [0.5, 0.6) is 0 Å². The first-order chi connectivity index (χ1) is 5.14. The molecular formula is C9H15FO2. The van der Waals surface area contributed by atoms with Crippen molar-refractivity contribution >= 4 is 5.97 Å². The van der Waals surface area contributed by atoms with E-state index in [1.807, 2.05) is 0 Å². The fourth-order valence-corrected chi connectivity index (χ4v) is 1.14. The maximum atomic E-state index is 13.8. The number of hydrogen-bond acceptors (Lipinski definition) is 1. The molecule has 1 N–H and O–H groups in total. The summed E-state index contributed by atoms with van der Waals surface area (Å²) in [4.78, 5) is 10.7. The Bertz CT molecular complexity index is 199. The Balaban J connectivity index is 5.17. The highest BCUT2D eigenvalue weighted by atomic mass is 19.1. The van der Waals surface area contributed by atoms with Crippen LogP contribution in [-0.2, 0) is 4.79 Å². The van der Waals surface area contributed by atoms with E-state index < -0.39 is 17.1 Å². The van der Waals surface area contributed by atoms with Gasteiger partial charge in [0.15, 0.2) is 0 Å². The molecule has 2 nitrogen and oxygen atoms in total. The maximum Gasteiger partial charge on any atom is 0.346 e. The molecule has 0 radical (unpaired) electrons. The van der Waals surface area contributed by atoms with Crippen molar-refractivity contribution in [2.24, 2.45) is 5.41 Å². The zero-order valence-electron chi connectivity index (χ0n) is 7.94. The average molecular weight is 174 g/mol. The smallest absolute Gasteiger partial charge is 0.346 e. The molecular weight excluding hydrogens is 159 g/mol. The number of rotatable bonds is 2. The highest BCUT2D eigenvalue weighted by Gasteiger charge is 2.50. The Hall–Kier alpha value is -0.860. The minimum atomic E-state index is -2.34. The number of aliphatic carboxylic acids is 1. The third-order valence-corrected chi connectivity index (χ3v) is 1.92. The van der Waals surface area contributed by atoms with Gasteiger partial charge in [0.05, 0.1) is 0 Å². The molecule has 1 atom stereocenters. The Morgan fingerprint density at radius 2 is 1.75 bits per heavy atom. The van der Waals surface area contributed by atoms with Gasteiger partial charge in [-0.3, -0.25) is 0 Å². The van der Waals surface area contributed by atoms with Gasteiger partial charge in [0.2, 0.25) is 5.67 Å². The van der Waals surface area contributed by atoms with Crippen LogP contribution in [0.3, 0.4) is 0 Å².